The molecule has 1 N–H and O–H groups in total. The van der Waals surface area contributed by atoms with Gasteiger partial charge in [0, 0.05) is 36.7 Å². The van der Waals surface area contributed by atoms with Crippen LogP contribution < -0.4 is 19.7 Å². The fourth-order valence-electron chi connectivity index (χ4n) is 4.02. The molecule has 208 valence electrons. The third-order valence-corrected chi connectivity index (χ3v) is 7.70. The Bertz CT molecular complexity index is 1480. The monoisotopic (exact) mass is 576 g/mol. The minimum Gasteiger partial charge on any atom is -0.493 e. The van der Waals surface area contributed by atoms with Crippen LogP contribution in [0, 0.1) is 13.8 Å². The SMILES string of the molecule is COc1ccc(CCN(C)c2cc(Cl)nc(SCc3ccc(C(=O)Nc4ccc(C)c(C)c4)cc3)n2)cc1OC. The van der Waals surface area contributed by atoms with Gasteiger partial charge in [-0.05, 0) is 78.9 Å². The van der Waals surface area contributed by atoms with Crippen molar-refractivity contribution in [3.63, 3.8) is 0 Å². The van der Waals surface area contributed by atoms with E-state index in [2.05, 4.69) is 15.2 Å². The quantitative estimate of drug-likeness (QED) is 0.117. The summed E-state index contributed by atoms with van der Waals surface area (Å²) in [6, 6.07) is 21.1. The molecule has 0 atom stereocenters. The summed E-state index contributed by atoms with van der Waals surface area (Å²) in [6.45, 7) is 4.81. The number of rotatable bonds is 11. The number of nitrogens with zero attached hydrogens (tertiary/aromatic N) is 3. The fraction of sp³-hybridized carbons (Fsp3) is 0.258. The second-order valence-electron chi connectivity index (χ2n) is 9.43. The van der Waals surface area contributed by atoms with Gasteiger partial charge in [-0.2, -0.15) is 0 Å². The summed E-state index contributed by atoms with van der Waals surface area (Å²) in [6.07, 6.45) is 0.796. The van der Waals surface area contributed by atoms with Crippen LogP contribution in [-0.2, 0) is 12.2 Å². The van der Waals surface area contributed by atoms with Crippen molar-refractivity contribution in [1.82, 2.24) is 9.97 Å². The van der Waals surface area contributed by atoms with E-state index in [0.29, 0.717) is 33.1 Å². The molecule has 0 saturated carbocycles. The number of halogens is 1. The minimum atomic E-state index is -0.138. The number of methoxy groups -OCH3 is 2. The Kier molecular flexibility index (Phi) is 9.90. The molecule has 0 bridgehead atoms. The zero-order valence-electron chi connectivity index (χ0n) is 23.3. The van der Waals surface area contributed by atoms with Crippen molar-refractivity contribution in [3.8, 4) is 11.5 Å². The fourth-order valence-corrected chi connectivity index (χ4v) is 5.05. The second-order valence-corrected chi connectivity index (χ2v) is 10.8. The Morgan fingerprint density at radius 3 is 2.33 bits per heavy atom. The van der Waals surface area contributed by atoms with Crippen LogP contribution in [0.15, 0.2) is 71.9 Å². The summed E-state index contributed by atoms with van der Waals surface area (Å²) in [4.78, 5) is 23.8. The molecule has 7 nitrogen and oxygen atoms in total. The van der Waals surface area contributed by atoms with Crippen LogP contribution in [0.1, 0.15) is 32.6 Å². The predicted octanol–water partition coefficient (Wildman–Crippen LogP) is 6.99. The maximum absolute atomic E-state index is 12.7. The van der Waals surface area contributed by atoms with Crippen molar-refractivity contribution in [3.05, 3.63) is 99.7 Å². The molecule has 0 aliphatic heterocycles. The van der Waals surface area contributed by atoms with E-state index in [1.807, 2.05) is 81.6 Å². The number of ether oxygens (including phenoxy) is 2. The molecule has 0 saturated heterocycles. The number of aryl methyl sites for hydroxylation is 2. The lowest BCUT2D eigenvalue weighted by Crippen LogP contribution is -2.21. The summed E-state index contributed by atoms with van der Waals surface area (Å²) < 4.78 is 10.7. The Hall–Kier alpha value is -3.75. The molecule has 0 fully saturated rings. The molecule has 0 unspecified atom stereocenters. The van der Waals surface area contributed by atoms with E-state index in [4.69, 9.17) is 26.1 Å². The Morgan fingerprint density at radius 1 is 0.900 bits per heavy atom. The summed E-state index contributed by atoms with van der Waals surface area (Å²) >= 11 is 7.84. The maximum Gasteiger partial charge on any atom is 0.255 e. The normalized spacial score (nSPS) is 10.8. The standard InChI is InChI=1S/C31H33ClN4O3S/c1-20-6-12-25(16-21(20)2)33-30(37)24-10-7-23(8-11-24)19-40-31-34-28(32)18-29(35-31)36(3)15-14-22-9-13-26(38-4)27(17-22)39-5/h6-13,16-18H,14-15,19H2,1-5H3,(H,33,37). The zero-order chi connectivity index (χ0) is 28.6. The number of anilines is 2. The van der Waals surface area contributed by atoms with Crippen LogP contribution in [0.4, 0.5) is 11.5 Å². The summed E-state index contributed by atoms with van der Waals surface area (Å²) in [5.74, 6) is 2.68. The number of thioether (sulfide) groups is 1. The highest BCUT2D eigenvalue weighted by atomic mass is 35.5. The molecule has 4 aromatic rings. The van der Waals surface area contributed by atoms with Gasteiger partial charge in [0.05, 0.1) is 14.2 Å². The number of carbonyl (C=O) groups excluding carboxylic acids is 1. The first kappa shape index (κ1) is 29.2. The summed E-state index contributed by atoms with van der Waals surface area (Å²) in [5.41, 5.74) is 5.90. The zero-order valence-corrected chi connectivity index (χ0v) is 24.9. The van der Waals surface area contributed by atoms with Crippen LogP contribution in [0.3, 0.4) is 0 Å². The summed E-state index contributed by atoms with van der Waals surface area (Å²) in [5, 5.41) is 3.95. The minimum absolute atomic E-state index is 0.138. The average Bonchev–Trinajstić information content (AvgIpc) is 2.96. The van der Waals surface area contributed by atoms with E-state index in [0.717, 1.165) is 41.2 Å². The van der Waals surface area contributed by atoms with Crippen LogP contribution in [-0.4, -0.2) is 43.7 Å². The number of benzene rings is 3. The largest absolute Gasteiger partial charge is 0.493 e. The highest BCUT2D eigenvalue weighted by Gasteiger charge is 2.12. The van der Waals surface area contributed by atoms with Crippen molar-refractivity contribution in [2.24, 2.45) is 0 Å². The Labute approximate surface area is 244 Å². The van der Waals surface area contributed by atoms with Gasteiger partial charge >= 0.3 is 0 Å². The van der Waals surface area contributed by atoms with Crippen LogP contribution in [0.2, 0.25) is 5.15 Å². The lowest BCUT2D eigenvalue weighted by atomic mass is 10.1. The summed E-state index contributed by atoms with van der Waals surface area (Å²) in [7, 11) is 5.24. The van der Waals surface area contributed by atoms with Crippen molar-refractivity contribution in [2.45, 2.75) is 31.2 Å². The molecule has 40 heavy (non-hydrogen) atoms. The van der Waals surface area contributed by atoms with Gasteiger partial charge in [0.2, 0.25) is 0 Å². The topological polar surface area (TPSA) is 76.6 Å². The maximum atomic E-state index is 12.7. The Morgan fingerprint density at radius 2 is 1.62 bits per heavy atom. The van der Waals surface area contributed by atoms with Gasteiger partial charge in [-0.15, -0.1) is 0 Å². The van der Waals surface area contributed by atoms with Crippen LogP contribution in [0.5, 0.6) is 11.5 Å². The van der Waals surface area contributed by atoms with Crippen LogP contribution >= 0.6 is 23.4 Å². The molecule has 9 heteroatoms. The number of aromatic nitrogens is 2. The third kappa shape index (κ3) is 7.67. The molecule has 1 aromatic heterocycles. The first-order valence-electron chi connectivity index (χ1n) is 12.8. The molecule has 1 heterocycles. The number of hydrogen-bond donors (Lipinski definition) is 1. The van der Waals surface area contributed by atoms with E-state index >= 15 is 0 Å². The average molecular weight is 577 g/mol. The van der Waals surface area contributed by atoms with Gasteiger partial charge in [-0.3, -0.25) is 4.79 Å². The van der Waals surface area contributed by atoms with Gasteiger partial charge in [0.15, 0.2) is 16.7 Å². The van der Waals surface area contributed by atoms with Gasteiger partial charge < -0.3 is 19.7 Å². The second kappa shape index (κ2) is 13.5. The van der Waals surface area contributed by atoms with E-state index < -0.39 is 0 Å². The first-order valence-corrected chi connectivity index (χ1v) is 14.2. The van der Waals surface area contributed by atoms with Crippen molar-refractivity contribution in [1.29, 1.82) is 0 Å². The third-order valence-electron chi connectivity index (χ3n) is 6.58. The molecular formula is C31H33ClN4O3S. The van der Waals surface area contributed by atoms with E-state index in [1.165, 1.54) is 17.3 Å². The van der Waals surface area contributed by atoms with Crippen LogP contribution in [0.25, 0.3) is 0 Å². The molecule has 1 amide bonds. The highest BCUT2D eigenvalue weighted by Crippen LogP contribution is 2.28. The first-order chi connectivity index (χ1) is 19.2. The van der Waals surface area contributed by atoms with Gasteiger partial charge in [0.1, 0.15) is 11.0 Å². The van der Waals surface area contributed by atoms with Crippen molar-refractivity contribution in [2.75, 3.05) is 38.0 Å². The molecule has 0 radical (unpaired) electrons. The Balaban J connectivity index is 1.34. The number of carbonyl (C=O) groups is 1. The van der Waals surface area contributed by atoms with E-state index in [9.17, 15) is 4.79 Å². The lowest BCUT2D eigenvalue weighted by Gasteiger charge is -2.19. The lowest BCUT2D eigenvalue weighted by molar-refractivity contribution is 0.102. The van der Waals surface area contributed by atoms with E-state index in [1.54, 1.807) is 20.3 Å². The molecule has 3 aromatic carbocycles. The highest BCUT2D eigenvalue weighted by molar-refractivity contribution is 7.98. The number of amides is 1. The number of hydrogen-bond acceptors (Lipinski definition) is 7. The molecule has 4 rings (SSSR count). The number of nitrogens with one attached hydrogen (secondary N) is 1. The van der Waals surface area contributed by atoms with Gasteiger partial charge in [-0.25, -0.2) is 9.97 Å². The van der Waals surface area contributed by atoms with E-state index in [-0.39, 0.29) is 5.91 Å². The van der Waals surface area contributed by atoms with Crippen molar-refractivity contribution >= 4 is 40.8 Å². The van der Waals surface area contributed by atoms with Crippen molar-refractivity contribution < 1.29 is 14.3 Å². The molecule has 0 aliphatic carbocycles. The predicted molar refractivity (Wildman–Crippen MR) is 163 cm³/mol. The molecule has 0 spiro atoms. The smallest absolute Gasteiger partial charge is 0.255 e. The number of likely N-dealkylation sites (N-methyl/N-ethyl adjacent to an activating group) is 1. The van der Waals surface area contributed by atoms with Gasteiger partial charge in [-0.1, -0.05) is 47.6 Å². The van der Waals surface area contributed by atoms with Gasteiger partial charge in [0.25, 0.3) is 5.91 Å². The molecule has 0 aliphatic rings. The molecular weight excluding hydrogens is 544 g/mol.